The van der Waals surface area contributed by atoms with Crippen LogP contribution >= 0.6 is 0 Å². The van der Waals surface area contributed by atoms with Crippen molar-refractivity contribution < 1.29 is 9.59 Å². The number of Topliss-reactive ketones (excluding diaryl/α,β-unsaturated/α-hetero) is 1. The van der Waals surface area contributed by atoms with E-state index in [4.69, 9.17) is 0 Å². The minimum atomic E-state index is -0.0407. The molecule has 30 heavy (non-hydrogen) atoms. The van der Waals surface area contributed by atoms with Crippen molar-refractivity contribution in [2.75, 3.05) is 44.2 Å². The smallest absolute Gasteiger partial charge is 0.220 e. The Morgan fingerprint density at radius 2 is 1.63 bits per heavy atom. The van der Waals surface area contributed by atoms with Gasteiger partial charge in [0.25, 0.3) is 0 Å². The molecular weight excluding hydrogens is 374 g/mol. The largest absolute Gasteiger partial charge is 0.369 e. The molecule has 5 nitrogen and oxygen atoms in total. The van der Waals surface area contributed by atoms with Crippen LogP contribution < -0.4 is 10.2 Å². The summed E-state index contributed by atoms with van der Waals surface area (Å²) in [6.45, 7) is 9.86. The molecule has 2 aromatic carbocycles. The summed E-state index contributed by atoms with van der Waals surface area (Å²) >= 11 is 0. The number of aryl methyl sites for hydroxylation is 2. The van der Waals surface area contributed by atoms with Gasteiger partial charge in [-0.1, -0.05) is 30.3 Å². The number of anilines is 1. The Labute approximate surface area is 180 Å². The van der Waals surface area contributed by atoms with Crippen LogP contribution in [0.1, 0.15) is 40.7 Å². The lowest BCUT2D eigenvalue weighted by Gasteiger charge is -2.36. The molecule has 0 aliphatic carbocycles. The molecular formula is C25H33N3O2. The van der Waals surface area contributed by atoms with Gasteiger partial charge in [0.2, 0.25) is 5.91 Å². The Hall–Kier alpha value is -2.66. The third-order valence-electron chi connectivity index (χ3n) is 5.87. The lowest BCUT2D eigenvalue weighted by molar-refractivity contribution is -0.121. The Bertz CT molecular complexity index is 843. The topological polar surface area (TPSA) is 52.7 Å². The highest BCUT2D eigenvalue weighted by Crippen LogP contribution is 2.15. The van der Waals surface area contributed by atoms with Crippen molar-refractivity contribution in [3.8, 4) is 0 Å². The summed E-state index contributed by atoms with van der Waals surface area (Å²) in [6.07, 6.45) is 1.44. The second-order valence-corrected chi connectivity index (χ2v) is 8.09. The second kappa shape index (κ2) is 10.9. The predicted molar refractivity (Wildman–Crippen MR) is 122 cm³/mol. The van der Waals surface area contributed by atoms with Gasteiger partial charge >= 0.3 is 0 Å². The summed E-state index contributed by atoms with van der Waals surface area (Å²) in [5.41, 5.74) is 4.26. The van der Waals surface area contributed by atoms with Crippen molar-refractivity contribution in [1.29, 1.82) is 0 Å². The van der Waals surface area contributed by atoms with Crippen LogP contribution in [0.15, 0.2) is 48.5 Å². The van der Waals surface area contributed by atoms with Crippen molar-refractivity contribution in [2.24, 2.45) is 0 Å². The van der Waals surface area contributed by atoms with Crippen molar-refractivity contribution in [1.82, 2.24) is 10.2 Å². The normalized spacial score (nSPS) is 14.5. The third kappa shape index (κ3) is 6.42. The highest BCUT2D eigenvalue weighted by atomic mass is 16.2. The fraction of sp³-hybridized carbons (Fsp3) is 0.440. The van der Waals surface area contributed by atoms with Gasteiger partial charge in [-0.05, 0) is 56.1 Å². The molecule has 1 N–H and O–H groups in total. The second-order valence-electron chi connectivity index (χ2n) is 8.09. The number of amides is 1. The van der Waals surface area contributed by atoms with Gasteiger partial charge in [0.1, 0.15) is 0 Å². The van der Waals surface area contributed by atoms with E-state index in [9.17, 15) is 9.59 Å². The minimum Gasteiger partial charge on any atom is -0.369 e. The fourth-order valence-corrected chi connectivity index (χ4v) is 3.77. The summed E-state index contributed by atoms with van der Waals surface area (Å²) < 4.78 is 0. The van der Waals surface area contributed by atoms with Gasteiger partial charge in [0.05, 0.1) is 0 Å². The average Bonchev–Trinajstić information content (AvgIpc) is 2.78. The van der Waals surface area contributed by atoms with E-state index in [1.54, 1.807) is 0 Å². The number of piperazine rings is 1. The van der Waals surface area contributed by atoms with Gasteiger partial charge in [-0.3, -0.25) is 14.5 Å². The van der Waals surface area contributed by atoms with Crippen molar-refractivity contribution in [2.45, 2.75) is 33.1 Å². The lowest BCUT2D eigenvalue weighted by atomic mass is 10.0. The zero-order valence-corrected chi connectivity index (χ0v) is 18.2. The van der Waals surface area contributed by atoms with E-state index in [1.807, 2.05) is 38.1 Å². The SMILES string of the molecule is Cc1ccc(C(=O)CCC(=O)NCCCN2CCN(c3ccccc3)CC2)cc1C. The summed E-state index contributed by atoms with van der Waals surface area (Å²) in [4.78, 5) is 29.2. The van der Waals surface area contributed by atoms with Crippen LogP contribution in [0.25, 0.3) is 0 Å². The van der Waals surface area contributed by atoms with Gasteiger partial charge in [-0.25, -0.2) is 0 Å². The monoisotopic (exact) mass is 407 g/mol. The number of nitrogens with zero attached hydrogens (tertiary/aromatic N) is 2. The summed E-state index contributed by atoms with van der Waals surface area (Å²) in [5, 5.41) is 2.96. The van der Waals surface area contributed by atoms with Gasteiger partial charge < -0.3 is 10.2 Å². The first-order valence-corrected chi connectivity index (χ1v) is 10.9. The summed E-state index contributed by atoms with van der Waals surface area (Å²) in [7, 11) is 0. The molecule has 0 radical (unpaired) electrons. The minimum absolute atomic E-state index is 0.0320. The standard InChI is InChI=1S/C25H33N3O2/c1-20-9-10-22(19-21(20)2)24(29)11-12-25(30)26-13-6-14-27-15-17-28(18-16-27)23-7-4-3-5-8-23/h3-5,7-10,19H,6,11-18H2,1-2H3,(H,26,30). The molecule has 1 fully saturated rings. The van der Waals surface area contributed by atoms with Gasteiger partial charge in [-0.2, -0.15) is 0 Å². The maximum absolute atomic E-state index is 12.3. The Morgan fingerprint density at radius 3 is 2.33 bits per heavy atom. The van der Waals surface area contributed by atoms with Crippen LogP contribution in [0.2, 0.25) is 0 Å². The van der Waals surface area contributed by atoms with Crippen LogP contribution in [0.5, 0.6) is 0 Å². The quantitative estimate of drug-likeness (QED) is 0.510. The molecule has 0 spiro atoms. The molecule has 1 aliphatic rings. The zero-order valence-electron chi connectivity index (χ0n) is 18.2. The molecule has 2 aromatic rings. The van der Waals surface area contributed by atoms with Crippen LogP contribution in [0, 0.1) is 13.8 Å². The van der Waals surface area contributed by atoms with Crippen molar-refractivity contribution in [3.05, 3.63) is 65.2 Å². The van der Waals surface area contributed by atoms with Crippen molar-refractivity contribution in [3.63, 3.8) is 0 Å². The van der Waals surface area contributed by atoms with E-state index in [0.717, 1.165) is 44.7 Å². The Balaban J connectivity index is 1.28. The van der Waals surface area contributed by atoms with E-state index in [2.05, 4.69) is 39.4 Å². The first kappa shape index (κ1) is 22.0. The number of benzene rings is 2. The molecule has 0 unspecified atom stereocenters. The van der Waals surface area contributed by atoms with Crippen molar-refractivity contribution >= 4 is 17.4 Å². The lowest BCUT2D eigenvalue weighted by Crippen LogP contribution is -2.47. The number of nitrogens with one attached hydrogen (secondary N) is 1. The van der Waals surface area contributed by atoms with Gasteiger partial charge in [-0.15, -0.1) is 0 Å². The first-order chi connectivity index (χ1) is 14.5. The Morgan fingerprint density at radius 1 is 0.900 bits per heavy atom. The number of ketones is 1. The van der Waals surface area contributed by atoms with E-state index in [1.165, 1.54) is 11.3 Å². The Kier molecular flexibility index (Phi) is 8.03. The molecule has 3 rings (SSSR count). The number of hydrogen-bond acceptors (Lipinski definition) is 4. The number of carbonyl (C=O) groups excluding carboxylic acids is 2. The molecule has 5 heteroatoms. The molecule has 0 aromatic heterocycles. The summed E-state index contributed by atoms with van der Waals surface area (Å²) in [5.74, 6) is -0.00869. The molecule has 1 amide bonds. The predicted octanol–water partition coefficient (Wildman–Crippen LogP) is 3.59. The molecule has 1 heterocycles. The summed E-state index contributed by atoms with van der Waals surface area (Å²) in [6, 6.07) is 16.3. The number of rotatable bonds is 9. The molecule has 1 aliphatic heterocycles. The number of carbonyl (C=O) groups is 2. The van der Waals surface area contributed by atoms with E-state index >= 15 is 0 Å². The zero-order chi connectivity index (χ0) is 21.3. The molecule has 160 valence electrons. The third-order valence-corrected chi connectivity index (χ3v) is 5.87. The van der Waals surface area contributed by atoms with Gasteiger partial charge in [0.15, 0.2) is 5.78 Å². The molecule has 0 saturated carbocycles. The van der Waals surface area contributed by atoms with E-state index < -0.39 is 0 Å². The highest BCUT2D eigenvalue weighted by Gasteiger charge is 2.16. The highest BCUT2D eigenvalue weighted by molar-refractivity contribution is 5.98. The molecule has 1 saturated heterocycles. The molecule has 0 bridgehead atoms. The number of para-hydroxylation sites is 1. The molecule has 0 atom stereocenters. The fourth-order valence-electron chi connectivity index (χ4n) is 3.77. The van der Waals surface area contributed by atoms with E-state index in [-0.39, 0.29) is 24.5 Å². The van der Waals surface area contributed by atoms with Crippen LogP contribution in [-0.4, -0.2) is 55.9 Å². The van der Waals surface area contributed by atoms with Crippen LogP contribution in [-0.2, 0) is 4.79 Å². The maximum Gasteiger partial charge on any atom is 0.220 e. The number of hydrogen-bond donors (Lipinski definition) is 1. The maximum atomic E-state index is 12.3. The van der Waals surface area contributed by atoms with Gasteiger partial charge in [0, 0.05) is 56.8 Å². The van der Waals surface area contributed by atoms with Crippen LogP contribution in [0.3, 0.4) is 0 Å². The average molecular weight is 408 g/mol. The first-order valence-electron chi connectivity index (χ1n) is 10.9. The van der Waals surface area contributed by atoms with Crippen LogP contribution in [0.4, 0.5) is 5.69 Å². The van der Waals surface area contributed by atoms with E-state index in [0.29, 0.717) is 12.1 Å².